The monoisotopic (exact) mass is 548 g/mol. The fourth-order valence-corrected chi connectivity index (χ4v) is 5.17. The lowest BCUT2D eigenvalue weighted by molar-refractivity contribution is -0.137. The van der Waals surface area contributed by atoms with Crippen LogP contribution in [0, 0.1) is 11.3 Å². The molecule has 0 aliphatic carbocycles. The zero-order chi connectivity index (χ0) is 28.7. The zero-order valence-electron chi connectivity index (χ0n) is 22.1. The fourth-order valence-electron chi connectivity index (χ4n) is 5.17. The molecule has 2 aromatic heterocycles. The van der Waals surface area contributed by atoms with Crippen LogP contribution in [0.25, 0.3) is 50.5 Å². The SMILES string of the molecule is COc1ccc(-c2c(-c3ccc(C(F)(F)F)cc3)n3nc(-c4ccccc4)c(-c4ccc(C#N)cc4)c3n2C)cc1. The number of nitrogens with zero attached hydrogens (tertiary/aromatic N) is 4. The van der Waals surface area contributed by atoms with Crippen LogP contribution in [0.2, 0.25) is 0 Å². The number of hydrogen-bond donors (Lipinski definition) is 0. The molecule has 202 valence electrons. The second kappa shape index (κ2) is 10.0. The van der Waals surface area contributed by atoms with Crippen molar-refractivity contribution in [2.24, 2.45) is 7.05 Å². The Bertz CT molecular complexity index is 1890. The molecule has 0 saturated carbocycles. The van der Waals surface area contributed by atoms with Gasteiger partial charge in [-0.05, 0) is 54.1 Å². The Morgan fingerprint density at radius 2 is 1.32 bits per heavy atom. The van der Waals surface area contributed by atoms with E-state index in [1.54, 1.807) is 23.8 Å². The molecule has 2 heterocycles. The maximum absolute atomic E-state index is 13.4. The van der Waals surface area contributed by atoms with Crippen molar-refractivity contribution in [2.75, 3.05) is 7.11 Å². The van der Waals surface area contributed by atoms with Crippen LogP contribution >= 0.6 is 0 Å². The lowest BCUT2D eigenvalue weighted by atomic mass is 10.00. The van der Waals surface area contributed by atoms with Gasteiger partial charge in [-0.25, -0.2) is 4.52 Å². The summed E-state index contributed by atoms with van der Waals surface area (Å²) in [5, 5.41) is 14.4. The van der Waals surface area contributed by atoms with Crippen molar-refractivity contribution in [1.82, 2.24) is 14.2 Å². The standard InChI is InChI=1S/C33H23F3N4O/c1-39-30(24-14-18-27(41-2)19-15-24)31(25-12-16-26(17-13-25)33(34,35)36)40-32(39)28(22-10-8-21(20-37)9-11-22)29(38-40)23-6-4-3-5-7-23/h3-19H,1-2H3. The molecule has 8 heteroatoms. The number of halogens is 3. The Balaban J connectivity index is 1.70. The third-order valence-corrected chi connectivity index (χ3v) is 7.15. The van der Waals surface area contributed by atoms with Gasteiger partial charge in [0.2, 0.25) is 0 Å². The molecule has 0 N–H and O–H groups in total. The Kier molecular flexibility index (Phi) is 6.35. The van der Waals surface area contributed by atoms with Crippen molar-refractivity contribution in [3.8, 4) is 56.7 Å². The third kappa shape index (κ3) is 4.51. The van der Waals surface area contributed by atoms with Gasteiger partial charge < -0.3 is 9.30 Å². The highest BCUT2D eigenvalue weighted by atomic mass is 19.4. The predicted molar refractivity (Wildman–Crippen MR) is 152 cm³/mol. The lowest BCUT2D eigenvalue weighted by Crippen LogP contribution is -2.04. The Hall–Kier alpha value is -5.29. The maximum atomic E-state index is 13.4. The van der Waals surface area contributed by atoms with E-state index < -0.39 is 11.7 Å². The summed E-state index contributed by atoms with van der Waals surface area (Å²) in [6, 6.07) is 31.9. The number of imidazole rings is 1. The summed E-state index contributed by atoms with van der Waals surface area (Å²) in [6.07, 6.45) is -4.45. The second-order valence-corrected chi connectivity index (χ2v) is 9.57. The Morgan fingerprint density at radius 1 is 0.732 bits per heavy atom. The molecule has 0 radical (unpaired) electrons. The first kappa shape index (κ1) is 26.0. The number of rotatable bonds is 5. The van der Waals surface area contributed by atoms with E-state index in [0.29, 0.717) is 22.6 Å². The topological polar surface area (TPSA) is 55.2 Å². The number of nitriles is 1. The van der Waals surface area contributed by atoms with E-state index in [2.05, 4.69) is 6.07 Å². The molecule has 0 amide bonds. The van der Waals surface area contributed by atoms with Crippen molar-refractivity contribution in [2.45, 2.75) is 6.18 Å². The minimum absolute atomic E-state index is 0.537. The number of hydrogen-bond acceptors (Lipinski definition) is 3. The van der Waals surface area contributed by atoms with Crippen LogP contribution in [0.15, 0.2) is 103 Å². The van der Waals surface area contributed by atoms with Crippen molar-refractivity contribution in [3.05, 3.63) is 114 Å². The fraction of sp³-hybridized carbons (Fsp3) is 0.0909. The van der Waals surface area contributed by atoms with Gasteiger partial charge in [-0.15, -0.1) is 0 Å². The molecule has 4 aromatic carbocycles. The minimum atomic E-state index is -4.45. The summed E-state index contributed by atoms with van der Waals surface area (Å²) in [6.45, 7) is 0. The summed E-state index contributed by atoms with van der Waals surface area (Å²) in [7, 11) is 3.51. The van der Waals surface area contributed by atoms with Gasteiger partial charge in [0.15, 0.2) is 0 Å². The largest absolute Gasteiger partial charge is 0.497 e. The molecule has 0 saturated heterocycles. The Morgan fingerprint density at radius 3 is 1.90 bits per heavy atom. The maximum Gasteiger partial charge on any atom is 0.416 e. The molecule has 0 unspecified atom stereocenters. The second-order valence-electron chi connectivity index (χ2n) is 9.57. The molecule has 0 spiro atoms. The van der Waals surface area contributed by atoms with Gasteiger partial charge in [0.25, 0.3) is 0 Å². The zero-order valence-corrected chi connectivity index (χ0v) is 22.1. The molecule has 41 heavy (non-hydrogen) atoms. The van der Waals surface area contributed by atoms with Gasteiger partial charge in [-0.2, -0.15) is 23.5 Å². The summed E-state index contributed by atoms with van der Waals surface area (Å²) in [5.74, 6) is 0.688. The molecule has 0 bridgehead atoms. The van der Waals surface area contributed by atoms with E-state index in [1.807, 2.05) is 78.3 Å². The van der Waals surface area contributed by atoms with Crippen LogP contribution in [0.4, 0.5) is 13.2 Å². The molecule has 6 aromatic rings. The summed E-state index contributed by atoms with van der Waals surface area (Å²) >= 11 is 0. The van der Waals surface area contributed by atoms with Crippen molar-refractivity contribution >= 4 is 5.65 Å². The number of fused-ring (bicyclic) bond motifs is 1. The van der Waals surface area contributed by atoms with Gasteiger partial charge in [0, 0.05) is 23.7 Å². The van der Waals surface area contributed by atoms with E-state index >= 15 is 0 Å². The first-order valence-corrected chi connectivity index (χ1v) is 12.8. The van der Waals surface area contributed by atoms with Gasteiger partial charge in [-0.1, -0.05) is 54.6 Å². The van der Waals surface area contributed by atoms with Crippen molar-refractivity contribution < 1.29 is 17.9 Å². The lowest BCUT2D eigenvalue weighted by Gasteiger charge is -2.11. The van der Waals surface area contributed by atoms with Gasteiger partial charge in [0.1, 0.15) is 17.1 Å². The molecule has 0 aliphatic rings. The average molecular weight is 549 g/mol. The Labute approximate surface area is 234 Å². The van der Waals surface area contributed by atoms with E-state index in [-0.39, 0.29) is 0 Å². The number of ether oxygens (including phenoxy) is 1. The smallest absolute Gasteiger partial charge is 0.416 e. The highest BCUT2D eigenvalue weighted by molar-refractivity contribution is 5.95. The van der Waals surface area contributed by atoms with Crippen LogP contribution in [0.5, 0.6) is 5.75 Å². The summed E-state index contributed by atoms with van der Waals surface area (Å²) in [4.78, 5) is 0. The molecular weight excluding hydrogens is 525 g/mol. The first-order valence-electron chi connectivity index (χ1n) is 12.8. The normalized spacial score (nSPS) is 11.5. The predicted octanol–water partition coefficient (Wildman–Crippen LogP) is 8.24. The van der Waals surface area contributed by atoms with Gasteiger partial charge >= 0.3 is 6.18 Å². The van der Waals surface area contributed by atoms with E-state index in [1.165, 1.54) is 12.1 Å². The number of methoxy groups -OCH3 is 1. The van der Waals surface area contributed by atoms with Crippen LogP contribution in [0.3, 0.4) is 0 Å². The van der Waals surface area contributed by atoms with Crippen LogP contribution < -0.4 is 4.74 Å². The van der Waals surface area contributed by atoms with Gasteiger partial charge in [0.05, 0.1) is 41.3 Å². The van der Waals surface area contributed by atoms with Gasteiger partial charge in [-0.3, -0.25) is 0 Å². The summed E-state index contributed by atoms with van der Waals surface area (Å²) < 4.78 is 49.4. The number of benzene rings is 4. The average Bonchev–Trinajstić information content (AvgIpc) is 3.52. The van der Waals surface area contributed by atoms with E-state index in [9.17, 15) is 18.4 Å². The first-order chi connectivity index (χ1) is 19.8. The molecule has 0 aliphatic heterocycles. The molecule has 0 fully saturated rings. The molecule has 6 rings (SSSR count). The number of aryl methyl sites for hydroxylation is 1. The van der Waals surface area contributed by atoms with Crippen LogP contribution in [0.1, 0.15) is 11.1 Å². The van der Waals surface area contributed by atoms with E-state index in [4.69, 9.17) is 9.84 Å². The number of alkyl halides is 3. The molecular formula is C33H23F3N4O. The number of aromatic nitrogens is 3. The third-order valence-electron chi connectivity index (χ3n) is 7.15. The minimum Gasteiger partial charge on any atom is -0.497 e. The highest BCUT2D eigenvalue weighted by Crippen LogP contribution is 2.43. The summed E-state index contributed by atoms with van der Waals surface area (Å²) in [5.41, 5.74) is 6.75. The quantitative estimate of drug-likeness (QED) is 0.218. The molecule has 5 nitrogen and oxygen atoms in total. The van der Waals surface area contributed by atoms with Crippen LogP contribution in [-0.4, -0.2) is 21.3 Å². The highest BCUT2D eigenvalue weighted by Gasteiger charge is 2.31. The van der Waals surface area contributed by atoms with Crippen LogP contribution in [-0.2, 0) is 13.2 Å². The van der Waals surface area contributed by atoms with E-state index in [0.717, 1.165) is 51.4 Å². The van der Waals surface area contributed by atoms with Crippen molar-refractivity contribution in [3.63, 3.8) is 0 Å². The van der Waals surface area contributed by atoms with Crippen molar-refractivity contribution in [1.29, 1.82) is 5.26 Å². The molecule has 0 atom stereocenters.